The van der Waals surface area contributed by atoms with Crippen LogP contribution in [0.5, 0.6) is 0 Å². The van der Waals surface area contributed by atoms with Crippen LogP contribution in [-0.2, 0) is 11.3 Å². The van der Waals surface area contributed by atoms with E-state index in [1.807, 2.05) is 6.07 Å². The molecule has 1 unspecified atom stereocenters. The lowest BCUT2D eigenvalue weighted by atomic mass is 10.0. The Balaban J connectivity index is 0.00000162. The normalized spacial score (nSPS) is 20.2. The van der Waals surface area contributed by atoms with Gasteiger partial charge in [-0.15, -0.1) is 12.4 Å². The lowest BCUT2D eigenvalue weighted by molar-refractivity contribution is -0.144. The van der Waals surface area contributed by atoms with Gasteiger partial charge in [0.1, 0.15) is 6.04 Å². The van der Waals surface area contributed by atoms with Crippen molar-refractivity contribution in [3.63, 3.8) is 0 Å². The SMILES string of the molecule is Cc1cccc(CN2CCCCC2C(=O)O)c1.Cl. The third-order valence-corrected chi connectivity index (χ3v) is 3.37. The van der Waals surface area contributed by atoms with Crippen molar-refractivity contribution in [3.05, 3.63) is 35.4 Å². The van der Waals surface area contributed by atoms with E-state index in [2.05, 4.69) is 30.0 Å². The first-order valence-electron chi connectivity index (χ1n) is 6.19. The van der Waals surface area contributed by atoms with Gasteiger partial charge in [-0.25, -0.2) is 0 Å². The van der Waals surface area contributed by atoms with Crippen molar-refractivity contribution in [1.29, 1.82) is 0 Å². The summed E-state index contributed by atoms with van der Waals surface area (Å²) in [6.07, 6.45) is 2.91. The Bertz CT molecular complexity index is 409. The maximum Gasteiger partial charge on any atom is 0.320 e. The quantitative estimate of drug-likeness (QED) is 0.917. The fraction of sp³-hybridized carbons (Fsp3) is 0.500. The zero-order valence-electron chi connectivity index (χ0n) is 10.6. The van der Waals surface area contributed by atoms with Gasteiger partial charge in [-0.3, -0.25) is 9.69 Å². The second kappa shape index (κ2) is 6.76. The molecule has 1 atom stereocenters. The number of halogens is 1. The molecule has 1 aliphatic rings. The zero-order chi connectivity index (χ0) is 12.3. The average Bonchev–Trinajstić information content (AvgIpc) is 2.29. The molecule has 0 aromatic heterocycles. The molecule has 0 spiro atoms. The largest absolute Gasteiger partial charge is 0.480 e. The van der Waals surface area contributed by atoms with Gasteiger partial charge in [-0.2, -0.15) is 0 Å². The standard InChI is InChI=1S/C14H19NO2.ClH/c1-11-5-4-6-12(9-11)10-15-8-3-2-7-13(15)14(16)17;/h4-6,9,13H,2-3,7-8,10H2,1H3,(H,16,17);1H. The number of benzene rings is 1. The minimum atomic E-state index is -0.683. The highest BCUT2D eigenvalue weighted by atomic mass is 35.5. The highest BCUT2D eigenvalue weighted by Gasteiger charge is 2.28. The molecule has 2 rings (SSSR count). The van der Waals surface area contributed by atoms with Crippen molar-refractivity contribution < 1.29 is 9.90 Å². The summed E-state index contributed by atoms with van der Waals surface area (Å²) in [5, 5.41) is 9.20. The number of hydrogen-bond acceptors (Lipinski definition) is 2. The number of likely N-dealkylation sites (tertiary alicyclic amines) is 1. The lowest BCUT2D eigenvalue weighted by Crippen LogP contribution is -2.43. The molecule has 3 nitrogen and oxygen atoms in total. The lowest BCUT2D eigenvalue weighted by Gasteiger charge is -2.32. The molecule has 18 heavy (non-hydrogen) atoms. The monoisotopic (exact) mass is 269 g/mol. The summed E-state index contributed by atoms with van der Waals surface area (Å²) in [7, 11) is 0. The van der Waals surface area contributed by atoms with Crippen LogP contribution < -0.4 is 0 Å². The number of hydrogen-bond donors (Lipinski definition) is 1. The molecule has 1 heterocycles. The minimum Gasteiger partial charge on any atom is -0.480 e. The number of piperidine rings is 1. The van der Waals surface area contributed by atoms with E-state index in [1.54, 1.807) is 0 Å². The molecule has 0 saturated carbocycles. The Morgan fingerprint density at radius 3 is 2.89 bits per heavy atom. The average molecular weight is 270 g/mol. The van der Waals surface area contributed by atoms with Crippen LogP contribution in [0.3, 0.4) is 0 Å². The summed E-state index contributed by atoms with van der Waals surface area (Å²) >= 11 is 0. The minimum absolute atomic E-state index is 0. The van der Waals surface area contributed by atoms with E-state index in [1.165, 1.54) is 11.1 Å². The number of carbonyl (C=O) groups is 1. The third kappa shape index (κ3) is 3.72. The zero-order valence-corrected chi connectivity index (χ0v) is 11.4. The first kappa shape index (κ1) is 15.0. The molecule has 1 aromatic carbocycles. The number of aliphatic carboxylic acids is 1. The summed E-state index contributed by atoms with van der Waals surface area (Å²) in [5.74, 6) is -0.683. The molecule has 0 bridgehead atoms. The molecule has 0 amide bonds. The Labute approximate surface area is 114 Å². The summed E-state index contributed by atoms with van der Waals surface area (Å²) in [4.78, 5) is 13.3. The van der Waals surface area contributed by atoms with Crippen molar-refractivity contribution in [2.75, 3.05) is 6.54 Å². The van der Waals surface area contributed by atoms with Crippen LogP contribution in [-0.4, -0.2) is 28.6 Å². The van der Waals surface area contributed by atoms with E-state index in [0.717, 1.165) is 32.4 Å². The summed E-state index contributed by atoms with van der Waals surface area (Å²) in [6, 6.07) is 8.00. The molecule has 0 aliphatic carbocycles. The maximum atomic E-state index is 11.2. The van der Waals surface area contributed by atoms with Crippen LogP contribution in [0.1, 0.15) is 30.4 Å². The van der Waals surface area contributed by atoms with Gasteiger partial charge in [-0.1, -0.05) is 36.2 Å². The molecule has 1 fully saturated rings. The second-order valence-corrected chi connectivity index (χ2v) is 4.81. The van der Waals surface area contributed by atoms with Crippen molar-refractivity contribution >= 4 is 18.4 Å². The van der Waals surface area contributed by atoms with Gasteiger partial charge in [-0.05, 0) is 31.9 Å². The predicted octanol–water partition coefficient (Wildman–Crippen LogP) is 2.86. The molecule has 1 aromatic rings. The van der Waals surface area contributed by atoms with Crippen LogP contribution >= 0.6 is 12.4 Å². The molecular formula is C14H20ClNO2. The van der Waals surface area contributed by atoms with Crippen LogP contribution in [0.25, 0.3) is 0 Å². The first-order valence-corrected chi connectivity index (χ1v) is 6.19. The molecule has 1 saturated heterocycles. The Hall–Kier alpha value is -1.06. The van der Waals surface area contributed by atoms with Gasteiger partial charge < -0.3 is 5.11 Å². The van der Waals surface area contributed by atoms with Crippen LogP contribution in [0.15, 0.2) is 24.3 Å². The molecule has 4 heteroatoms. The topological polar surface area (TPSA) is 40.5 Å². The van der Waals surface area contributed by atoms with E-state index in [9.17, 15) is 9.90 Å². The molecular weight excluding hydrogens is 250 g/mol. The van der Waals surface area contributed by atoms with E-state index >= 15 is 0 Å². The fourth-order valence-electron chi connectivity index (χ4n) is 2.50. The maximum absolute atomic E-state index is 11.2. The van der Waals surface area contributed by atoms with Gasteiger partial charge in [0.25, 0.3) is 0 Å². The van der Waals surface area contributed by atoms with Gasteiger partial charge >= 0.3 is 5.97 Å². The van der Waals surface area contributed by atoms with Gasteiger partial charge in [0.15, 0.2) is 0 Å². The van der Waals surface area contributed by atoms with E-state index in [-0.39, 0.29) is 18.4 Å². The highest BCUT2D eigenvalue weighted by Crippen LogP contribution is 2.20. The second-order valence-electron chi connectivity index (χ2n) is 4.81. The number of aryl methyl sites for hydroxylation is 1. The number of carboxylic acid groups (broad SMARTS) is 1. The molecule has 0 radical (unpaired) electrons. The summed E-state index contributed by atoms with van der Waals surface area (Å²) in [5.41, 5.74) is 2.43. The molecule has 100 valence electrons. The van der Waals surface area contributed by atoms with Crippen LogP contribution in [0.2, 0.25) is 0 Å². The first-order chi connectivity index (χ1) is 8.16. The van der Waals surface area contributed by atoms with Crippen molar-refractivity contribution in [3.8, 4) is 0 Å². The van der Waals surface area contributed by atoms with Crippen LogP contribution in [0.4, 0.5) is 0 Å². The van der Waals surface area contributed by atoms with Crippen molar-refractivity contribution in [1.82, 2.24) is 4.90 Å². The Morgan fingerprint density at radius 2 is 2.22 bits per heavy atom. The van der Waals surface area contributed by atoms with Gasteiger partial charge in [0.05, 0.1) is 0 Å². The number of nitrogens with zero attached hydrogens (tertiary/aromatic N) is 1. The van der Waals surface area contributed by atoms with Gasteiger partial charge in [0.2, 0.25) is 0 Å². The Kier molecular flexibility index (Phi) is 5.63. The van der Waals surface area contributed by atoms with Gasteiger partial charge in [0, 0.05) is 6.54 Å². The van der Waals surface area contributed by atoms with E-state index in [0.29, 0.717) is 0 Å². The highest BCUT2D eigenvalue weighted by molar-refractivity contribution is 5.85. The van der Waals surface area contributed by atoms with Crippen LogP contribution in [0, 0.1) is 6.92 Å². The number of carboxylic acids is 1. The molecule has 1 N–H and O–H groups in total. The van der Waals surface area contributed by atoms with E-state index in [4.69, 9.17) is 0 Å². The van der Waals surface area contributed by atoms with Crippen molar-refractivity contribution in [2.24, 2.45) is 0 Å². The summed E-state index contributed by atoms with van der Waals surface area (Å²) < 4.78 is 0. The molecule has 1 aliphatic heterocycles. The number of rotatable bonds is 3. The van der Waals surface area contributed by atoms with E-state index < -0.39 is 5.97 Å². The smallest absolute Gasteiger partial charge is 0.320 e. The Morgan fingerprint density at radius 1 is 1.44 bits per heavy atom. The fourth-order valence-corrected chi connectivity index (χ4v) is 2.50. The van der Waals surface area contributed by atoms with Crippen molar-refractivity contribution in [2.45, 2.75) is 38.8 Å². The summed E-state index contributed by atoms with van der Waals surface area (Å²) in [6.45, 7) is 3.71. The third-order valence-electron chi connectivity index (χ3n) is 3.37. The predicted molar refractivity (Wildman–Crippen MR) is 74.1 cm³/mol.